The quantitative estimate of drug-likeness (QED) is 0.286. The third-order valence-electron chi connectivity index (χ3n) is 5.44. The van der Waals surface area contributed by atoms with Gasteiger partial charge in [-0.1, -0.05) is 30.0 Å². The minimum Gasteiger partial charge on any atom is -0.493 e. The number of benzene rings is 1. The average molecular weight is 494 g/mol. The van der Waals surface area contributed by atoms with Crippen molar-refractivity contribution in [3.05, 3.63) is 28.7 Å². The Morgan fingerprint density at radius 1 is 1.18 bits per heavy atom. The maximum atomic E-state index is 12.8. The van der Waals surface area contributed by atoms with Crippen LogP contribution in [0.3, 0.4) is 0 Å². The highest BCUT2D eigenvalue weighted by atomic mass is 32.2. The molecule has 0 bridgehead atoms. The monoisotopic (exact) mass is 493 g/mol. The van der Waals surface area contributed by atoms with Gasteiger partial charge in [0.15, 0.2) is 11.5 Å². The molecule has 2 saturated heterocycles. The molecule has 1 N–H and O–H groups in total. The van der Waals surface area contributed by atoms with Crippen LogP contribution < -0.4 is 14.8 Å². The van der Waals surface area contributed by atoms with Gasteiger partial charge < -0.3 is 19.5 Å². The molecule has 2 fully saturated rings. The molecule has 10 heteroatoms. The molecule has 180 valence electrons. The lowest BCUT2D eigenvalue weighted by Gasteiger charge is -2.26. The number of carbonyl (C=O) groups is 2. The molecule has 2 aliphatic heterocycles. The Bertz CT molecular complexity index is 887. The maximum Gasteiger partial charge on any atom is 0.266 e. The van der Waals surface area contributed by atoms with Crippen LogP contribution in [0.4, 0.5) is 0 Å². The van der Waals surface area contributed by atoms with Crippen molar-refractivity contribution in [2.24, 2.45) is 0 Å². The summed E-state index contributed by atoms with van der Waals surface area (Å²) >= 11 is 6.67. The van der Waals surface area contributed by atoms with Gasteiger partial charge in [0.1, 0.15) is 4.32 Å². The van der Waals surface area contributed by atoms with E-state index in [0.29, 0.717) is 46.7 Å². The number of amides is 2. The summed E-state index contributed by atoms with van der Waals surface area (Å²) in [5.74, 6) is 1.09. The van der Waals surface area contributed by atoms with Crippen molar-refractivity contribution >= 4 is 46.2 Å². The number of nitrogens with one attached hydrogen (secondary N) is 1. The lowest BCUT2D eigenvalue weighted by Crippen LogP contribution is -2.38. The fourth-order valence-corrected chi connectivity index (χ4v) is 4.94. The van der Waals surface area contributed by atoms with Crippen LogP contribution in [0.25, 0.3) is 6.08 Å². The highest BCUT2D eigenvalue weighted by Crippen LogP contribution is 2.34. The van der Waals surface area contributed by atoms with Crippen molar-refractivity contribution in [3.8, 4) is 11.5 Å². The SMILES string of the molecule is COc1ccc(/C=C2\SC(=S)N(CCCC(=O)NCCCN3CCOCC3)C2=O)cc1OC. The second kappa shape index (κ2) is 12.9. The van der Waals surface area contributed by atoms with Crippen molar-refractivity contribution in [1.29, 1.82) is 0 Å². The zero-order valence-electron chi connectivity index (χ0n) is 19.1. The van der Waals surface area contributed by atoms with E-state index in [1.54, 1.807) is 31.3 Å². The Labute approximate surface area is 204 Å². The standard InChI is InChI=1S/C23H31N3O5S2/c1-29-18-7-6-17(15-19(18)30-2)16-20-22(28)26(23(32)33-20)10-3-5-21(27)24-8-4-9-25-11-13-31-14-12-25/h6-7,15-16H,3-5,8-14H2,1-2H3,(H,24,27)/b20-16-. The Morgan fingerprint density at radius 2 is 1.94 bits per heavy atom. The number of thioether (sulfide) groups is 1. The lowest BCUT2D eigenvalue weighted by molar-refractivity contribution is -0.124. The third-order valence-corrected chi connectivity index (χ3v) is 6.82. The predicted octanol–water partition coefficient (Wildman–Crippen LogP) is 2.52. The van der Waals surface area contributed by atoms with Gasteiger partial charge in [0.25, 0.3) is 5.91 Å². The van der Waals surface area contributed by atoms with Crippen molar-refractivity contribution < 1.29 is 23.8 Å². The Hall–Kier alpha value is -2.14. The topological polar surface area (TPSA) is 80.3 Å². The zero-order valence-corrected chi connectivity index (χ0v) is 20.8. The van der Waals surface area contributed by atoms with E-state index in [9.17, 15) is 9.59 Å². The fourth-order valence-electron chi connectivity index (χ4n) is 3.63. The predicted molar refractivity (Wildman–Crippen MR) is 134 cm³/mol. The number of morpholine rings is 1. The van der Waals surface area contributed by atoms with E-state index in [1.165, 1.54) is 11.8 Å². The van der Waals surface area contributed by atoms with Gasteiger partial charge in [0.05, 0.1) is 32.3 Å². The molecule has 2 heterocycles. The van der Waals surface area contributed by atoms with Gasteiger partial charge in [-0.15, -0.1) is 0 Å². The minimum atomic E-state index is -0.134. The van der Waals surface area contributed by atoms with Gasteiger partial charge in [-0.05, 0) is 43.2 Å². The number of nitrogens with zero attached hydrogens (tertiary/aromatic N) is 2. The molecule has 0 spiro atoms. The van der Waals surface area contributed by atoms with Gasteiger partial charge in [0.2, 0.25) is 5.91 Å². The van der Waals surface area contributed by atoms with Crippen LogP contribution in [0, 0.1) is 0 Å². The van der Waals surface area contributed by atoms with Crippen LogP contribution in [0.2, 0.25) is 0 Å². The smallest absolute Gasteiger partial charge is 0.266 e. The fraction of sp³-hybridized carbons (Fsp3) is 0.522. The molecule has 3 rings (SSSR count). The van der Waals surface area contributed by atoms with Crippen LogP contribution in [0.15, 0.2) is 23.1 Å². The number of carbonyl (C=O) groups excluding carboxylic acids is 2. The number of thiocarbonyl (C=S) groups is 1. The summed E-state index contributed by atoms with van der Waals surface area (Å²) < 4.78 is 16.4. The number of methoxy groups -OCH3 is 2. The summed E-state index contributed by atoms with van der Waals surface area (Å²) in [5.41, 5.74) is 0.824. The summed E-state index contributed by atoms with van der Waals surface area (Å²) in [5, 5.41) is 2.96. The number of ether oxygens (including phenoxy) is 3. The van der Waals surface area contributed by atoms with E-state index < -0.39 is 0 Å². The highest BCUT2D eigenvalue weighted by Gasteiger charge is 2.31. The maximum absolute atomic E-state index is 12.8. The molecule has 0 saturated carbocycles. The minimum absolute atomic E-state index is 0.00304. The molecule has 0 radical (unpaired) electrons. The van der Waals surface area contributed by atoms with E-state index in [0.717, 1.165) is 44.8 Å². The number of hydrogen-bond acceptors (Lipinski definition) is 8. The van der Waals surface area contributed by atoms with Crippen LogP contribution in [0.1, 0.15) is 24.8 Å². The second-order valence-corrected chi connectivity index (χ2v) is 9.38. The zero-order chi connectivity index (χ0) is 23.6. The van der Waals surface area contributed by atoms with Gasteiger partial charge in [-0.3, -0.25) is 19.4 Å². The number of rotatable bonds is 11. The molecule has 0 atom stereocenters. The molecule has 33 heavy (non-hydrogen) atoms. The first-order valence-electron chi connectivity index (χ1n) is 11.1. The second-order valence-electron chi connectivity index (χ2n) is 7.71. The Balaban J connectivity index is 1.41. The summed E-state index contributed by atoms with van der Waals surface area (Å²) in [7, 11) is 3.15. The van der Waals surface area contributed by atoms with Gasteiger partial charge in [0, 0.05) is 32.6 Å². The third kappa shape index (κ3) is 7.43. The van der Waals surface area contributed by atoms with Gasteiger partial charge >= 0.3 is 0 Å². The van der Waals surface area contributed by atoms with Crippen LogP contribution in [-0.2, 0) is 14.3 Å². The normalized spacial score (nSPS) is 18.1. The van der Waals surface area contributed by atoms with Crippen molar-refractivity contribution in [2.75, 3.05) is 60.2 Å². The molecule has 1 aromatic rings. The molecular formula is C23H31N3O5S2. The summed E-state index contributed by atoms with van der Waals surface area (Å²) in [6, 6.07) is 5.47. The summed E-state index contributed by atoms with van der Waals surface area (Å²) in [4.78, 5) is 29.4. The lowest BCUT2D eigenvalue weighted by atomic mass is 10.2. The van der Waals surface area contributed by atoms with Gasteiger partial charge in [-0.25, -0.2) is 0 Å². The van der Waals surface area contributed by atoms with Crippen LogP contribution in [-0.4, -0.2) is 86.1 Å². The molecule has 2 amide bonds. The molecule has 0 unspecified atom stereocenters. The molecule has 1 aromatic carbocycles. The Kier molecular flexibility index (Phi) is 9.98. The van der Waals surface area contributed by atoms with E-state index in [-0.39, 0.29) is 11.8 Å². The summed E-state index contributed by atoms with van der Waals surface area (Å²) in [6.07, 6.45) is 3.64. The first kappa shape index (κ1) is 25.5. The molecule has 0 aromatic heterocycles. The van der Waals surface area contributed by atoms with Crippen molar-refractivity contribution in [2.45, 2.75) is 19.3 Å². The van der Waals surface area contributed by atoms with Crippen LogP contribution >= 0.6 is 24.0 Å². The highest BCUT2D eigenvalue weighted by molar-refractivity contribution is 8.26. The molecule has 0 aliphatic carbocycles. The van der Waals surface area contributed by atoms with E-state index >= 15 is 0 Å². The average Bonchev–Trinajstić information content (AvgIpc) is 3.09. The summed E-state index contributed by atoms with van der Waals surface area (Å²) in [6.45, 7) is 5.53. The molecular weight excluding hydrogens is 462 g/mol. The van der Waals surface area contributed by atoms with Crippen LogP contribution in [0.5, 0.6) is 11.5 Å². The van der Waals surface area contributed by atoms with Crippen molar-refractivity contribution in [1.82, 2.24) is 15.1 Å². The van der Waals surface area contributed by atoms with E-state index in [4.69, 9.17) is 26.4 Å². The largest absolute Gasteiger partial charge is 0.493 e. The van der Waals surface area contributed by atoms with Gasteiger partial charge in [-0.2, -0.15) is 0 Å². The van der Waals surface area contributed by atoms with E-state index in [1.807, 2.05) is 12.1 Å². The van der Waals surface area contributed by atoms with Crippen molar-refractivity contribution in [3.63, 3.8) is 0 Å². The molecule has 8 nitrogen and oxygen atoms in total. The first-order valence-corrected chi connectivity index (χ1v) is 12.3. The van der Waals surface area contributed by atoms with E-state index in [2.05, 4.69) is 10.2 Å². The first-order chi connectivity index (χ1) is 16.0. The molecule has 2 aliphatic rings. The number of hydrogen-bond donors (Lipinski definition) is 1. The Morgan fingerprint density at radius 3 is 2.67 bits per heavy atom.